The predicted molar refractivity (Wildman–Crippen MR) is 129 cm³/mol. The molecule has 0 unspecified atom stereocenters. The Morgan fingerprint density at radius 2 is 1.81 bits per heavy atom. The summed E-state index contributed by atoms with van der Waals surface area (Å²) >= 11 is 0. The lowest BCUT2D eigenvalue weighted by molar-refractivity contribution is -0.216. The van der Waals surface area contributed by atoms with Crippen LogP contribution in [-0.2, 0) is 27.2 Å². The topological polar surface area (TPSA) is 158 Å². The number of hydrogen-bond acceptors (Lipinski definition) is 10. The van der Waals surface area contributed by atoms with Crippen molar-refractivity contribution in [2.45, 2.75) is 69.9 Å². The highest BCUT2D eigenvalue weighted by molar-refractivity contribution is 5.83. The van der Waals surface area contributed by atoms with Crippen molar-refractivity contribution in [3.63, 3.8) is 0 Å². The first kappa shape index (κ1) is 24.5. The standard InChI is InChI=1S/C24H31N7O5/c1-23(2)13-7-6-12(8-14(13)24(3,4)31(23)35)9-26-19-15-20(28-10-27-19)30(11-29-15)22-17(33)16(32)18(36-22)21(34)25-5/h6-8,10-11,16-18,22,32-33,35H,9H2,1-5H3,(H,25,34)(H,26,27,28)/t16-,17+,18-,22+/m0/s1. The number of imidazole rings is 1. The van der Waals surface area contributed by atoms with Crippen LogP contribution in [0.2, 0.25) is 0 Å². The van der Waals surface area contributed by atoms with E-state index in [1.54, 1.807) is 0 Å². The summed E-state index contributed by atoms with van der Waals surface area (Å²) in [6.45, 7) is 8.42. The summed E-state index contributed by atoms with van der Waals surface area (Å²) in [6, 6.07) is 6.14. The number of carbonyl (C=O) groups is 1. The number of fused-ring (bicyclic) bond motifs is 2. The second kappa shape index (κ2) is 8.46. The molecule has 0 radical (unpaired) electrons. The number of likely N-dealkylation sites (N-methyl/N-ethyl adjacent to an activating group) is 1. The van der Waals surface area contributed by atoms with Crippen LogP contribution in [-0.4, -0.2) is 71.3 Å². The molecule has 1 saturated heterocycles. The number of aromatic nitrogens is 4. The Labute approximate surface area is 207 Å². The molecule has 36 heavy (non-hydrogen) atoms. The van der Waals surface area contributed by atoms with Gasteiger partial charge in [0, 0.05) is 13.6 Å². The fourth-order valence-corrected chi connectivity index (χ4v) is 5.27. The van der Waals surface area contributed by atoms with Crippen LogP contribution in [0.5, 0.6) is 0 Å². The molecule has 5 N–H and O–H groups in total. The Kier molecular flexibility index (Phi) is 5.76. The van der Waals surface area contributed by atoms with Crippen LogP contribution in [0.15, 0.2) is 30.9 Å². The molecule has 1 fully saturated rings. The van der Waals surface area contributed by atoms with E-state index in [1.807, 2.05) is 39.8 Å². The van der Waals surface area contributed by atoms with Crippen LogP contribution < -0.4 is 10.6 Å². The highest BCUT2D eigenvalue weighted by atomic mass is 16.6. The number of rotatable bonds is 5. The average Bonchev–Trinajstić information content (AvgIpc) is 3.45. The van der Waals surface area contributed by atoms with Crippen molar-refractivity contribution in [1.82, 2.24) is 29.9 Å². The minimum absolute atomic E-state index is 0.383. The van der Waals surface area contributed by atoms with E-state index >= 15 is 0 Å². The summed E-state index contributed by atoms with van der Waals surface area (Å²) < 4.78 is 7.13. The van der Waals surface area contributed by atoms with E-state index in [-0.39, 0.29) is 0 Å². The summed E-state index contributed by atoms with van der Waals surface area (Å²) in [5.41, 5.74) is 2.95. The summed E-state index contributed by atoms with van der Waals surface area (Å²) in [4.78, 5) is 25.0. The maximum atomic E-state index is 12.0. The molecule has 0 bridgehead atoms. The first-order valence-corrected chi connectivity index (χ1v) is 11.8. The Hall–Kier alpha value is -3.16. The molecule has 2 aromatic heterocycles. The zero-order valence-corrected chi connectivity index (χ0v) is 20.8. The number of hydroxylamine groups is 2. The van der Waals surface area contributed by atoms with Gasteiger partial charge in [-0.3, -0.25) is 9.36 Å². The normalized spacial score (nSPS) is 26.8. The van der Waals surface area contributed by atoms with Gasteiger partial charge in [-0.25, -0.2) is 15.0 Å². The molecule has 2 aliphatic heterocycles. The zero-order chi connectivity index (χ0) is 26.0. The van der Waals surface area contributed by atoms with Crippen LogP contribution in [0.1, 0.15) is 50.6 Å². The third-order valence-electron chi connectivity index (χ3n) is 7.30. The quantitative estimate of drug-likeness (QED) is 0.344. The Balaban J connectivity index is 1.39. The molecule has 0 aliphatic carbocycles. The Morgan fingerprint density at radius 1 is 1.08 bits per heavy atom. The Bertz CT molecular complexity index is 1320. The number of benzene rings is 1. The zero-order valence-electron chi connectivity index (χ0n) is 20.8. The van der Waals surface area contributed by atoms with Gasteiger partial charge >= 0.3 is 0 Å². The lowest BCUT2D eigenvalue weighted by Crippen LogP contribution is -2.42. The van der Waals surface area contributed by atoms with E-state index in [2.05, 4.69) is 31.7 Å². The number of aliphatic hydroxyl groups excluding tert-OH is 2. The van der Waals surface area contributed by atoms with Gasteiger partial charge in [0.2, 0.25) is 0 Å². The van der Waals surface area contributed by atoms with E-state index < -0.39 is 41.5 Å². The average molecular weight is 498 g/mol. The van der Waals surface area contributed by atoms with E-state index in [4.69, 9.17) is 4.74 Å². The highest BCUT2D eigenvalue weighted by Gasteiger charge is 2.49. The van der Waals surface area contributed by atoms with Gasteiger partial charge in [-0.15, -0.1) is 0 Å². The number of nitrogens with zero attached hydrogens (tertiary/aromatic N) is 5. The van der Waals surface area contributed by atoms with Crippen molar-refractivity contribution >= 4 is 22.9 Å². The molecular weight excluding hydrogens is 466 g/mol. The number of anilines is 1. The van der Waals surface area contributed by atoms with Crippen LogP contribution >= 0.6 is 0 Å². The smallest absolute Gasteiger partial charge is 0.251 e. The summed E-state index contributed by atoms with van der Waals surface area (Å²) in [5.74, 6) is -0.0470. The van der Waals surface area contributed by atoms with Gasteiger partial charge < -0.3 is 30.8 Å². The maximum Gasteiger partial charge on any atom is 0.251 e. The van der Waals surface area contributed by atoms with Gasteiger partial charge in [0.15, 0.2) is 29.3 Å². The van der Waals surface area contributed by atoms with Crippen LogP contribution in [0, 0.1) is 0 Å². The molecule has 1 amide bonds. The SMILES string of the molecule is CNC(=O)[C@H]1O[C@@H](n2cnc3c(NCc4ccc5c(c4)C(C)(C)N(O)C5(C)C)ncnc32)[C@H](O)[C@@H]1O. The Morgan fingerprint density at radius 3 is 2.53 bits per heavy atom. The largest absolute Gasteiger partial charge is 0.387 e. The molecule has 3 aromatic rings. The molecule has 2 aliphatic rings. The van der Waals surface area contributed by atoms with Gasteiger partial charge in [-0.05, 0) is 44.4 Å². The minimum atomic E-state index is -1.39. The van der Waals surface area contributed by atoms with Crippen LogP contribution in [0.25, 0.3) is 11.2 Å². The number of nitrogens with one attached hydrogen (secondary N) is 2. The van der Waals surface area contributed by atoms with Crippen molar-refractivity contribution in [3.05, 3.63) is 47.5 Å². The van der Waals surface area contributed by atoms with Gasteiger partial charge in [0.25, 0.3) is 5.91 Å². The molecule has 0 spiro atoms. The predicted octanol–water partition coefficient (Wildman–Crippen LogP) is 0.979. The second-order valence-electron chi connectivity index (χ2n) is 10.3. The van der Waals surface area contributed by atoms with Crippen molar-refractivity contribution in [1.29, 1.82) is 0 Å². The second-order valence-corrected chi connectivity index (χ2v) is 10.3. The number of ether oxygens (including phenoxy) is 1. The fourth-order valence-electron chi connectivity index (χ4n) is 5.27. The third-order valence-corrected chi connectivity index (χ3v) is 7.30. The molecular formula is C24H31N7O5. The molecule has 12 nitrogen and oxygen atoms in total. The number of carbonyl (C=O) groups excluding carboxylic acids is 1. The molecule has 5 rings (SSSR count). The van der Waals surface area contributed by atoms with E-state index in [1.165, 1.54) is 29.3 Å². The lowest BCUT2D eigenvalue weighted by atomic mass is 9.89. The summed E-state index contributed by atoms with van der Waals surface area (Å²) in [6.07, 6.45) is -2.19. The fraction of sp³-hybridized carbons (Fsp3) is 0.500. The molecule has 1 aromatic carbocycles. The molecule has 0 saturated carbocycles. The van der Waals surface area contributed by atoms with Crippen molar-refractivity contribution in [3.8, 4) is 0 Å². The third kappa shape index (κ3) is 3.56. The van der Waals surface area contributed by atoms with Crippen LogP contribution in [0.4, 0.5) is 5.82 Å². The van der Waals surface area contributed by atoms with E-state index in [9.17, 15) is 20.2 Å². The minimum Gasteiger partial charge on any atom is -0.387 e. The molecule has 192 valence electrons. The van der Waals surface area contributed by atoms with E-state index in [0.717, 1.165) is 16.7 Å². The first-order chi connectivity index (χ1) is 17.0. The number of aliphatic hydroxyl groups is 2. The first-order valence-electron chi connectivity index (χ1n) is 11.8. The maximum absolute atomic E-state index is 12.0. The lowest BCUT2D eigenvalue weighted by Gasteiger charge is -2.34. The number of amides is 1. The monoisotopic (exact) mass is 497 g/mol. The molecule has 12 heteroatoms. The molecule has 4 heterocycles. The van der Waals surface area contributed by atoms with Crippen molar-refractivity contribution in [2.75, 3.05) is 12.4 Å². The van der Waals surface area contributed by atoms with E-state index in [0.29, 0.717) is 23.5 Å². The van der Waals surface area contributed by atoms with Gasteiger partial charge in [-0.1, -0.05) is 18.2 Å². The van der Waals surface area contributed by atoms with Gasteiger partial charge in [-0.2, -0.15) is 5.06 Å². The summed E-state index contributed by atoms with van der Waals surface area (Å²) in [5, 5.41) is 38.6. The van der Waals surface area contributed by atoms with Gasteiger partial charge in [0.05, 0.1) is 17.4 Å². The van der Waals surface area contributed by atoms with Crippen molar-refractivity contribution in [2.24, 2.45) is 0 Å². The molecule has 4 atom stereocenters. The summed E-state index contributed by atoms with van der Waals surface area (Å²) in [7, 11) is 1.43. The van der Waals surface area contributed by atoms with Crippen molar-refractivity contribution < 1.29 is 25.0 Å². The highest BCUT2D eigenvalue weighted by Crippen LogP contribution is 2.48. The van der Waals surface area contributed by atoms with Gasteiger partial charge in [0.1, 0.15) is 18.5 Å². The van der Waals surface area contributed by atoms with Crippen LogP contribution in [0.3, 0.4) is 0 Å². The number of hydrogen-bond donors (Lipinski definition) is 5.